The molecule has 0 saturated heterocycles. The maximum Gasteiger partial charge on any atom is 0.423 e. The van der Waals surface area contributed by atoms with Crippen LogP contribution < -0.4 is 14.8 Å². The highest BCUT2D eigenvalue weighted by molar-refractivity contribution is 5.94. The van der Waals surface area contributed by atoms with Crippen LogP contribution in [-0.2, 0) is 12.6 Å². The number of alkyl halides is 3. The van der Waals surface area contributed by atoms with Gasteiger partial charge in [-0.2, -0.15) is 18.3 Å². The molecule has 1 aromatic heterocycles. The van der Waals surface area contributed by atoms with Crippen LogP contribution in [-0.4, -0.2) is 47.7 Å². The Balaban J connectivity index is 1.88. The summed E-state index contributed by atoms with van der Waals surface area (Å²) in [6.07, 6.45) is -5.01. The number of benzene rings is 2. The third kappa shape index (κ3) is 4.40. The first-order chi connectivity index (χ1) is 15.1. The van der Waals surface area contributed by atoms with Crippen molar-refractivity contribution in [1.29, 1.82) is 0 Å². The summed E-state index contributed by atoms with van der Waals surface area (Å²) in [7, 11) is 4.46. The highest BCUT2D eigenvalue weighted by atomic mass is 19.4. The van der Waals surface area contributed by atoms with Gasteiger partial charge in [0.1, 0.15) is 17.2 Å². The zero-order valence-corrected chi connectivity index (χ0v) is 17.6. The van der Waals surface area contributed by atoms with Crippen LogP contribution in [0.1, 0.15) is 16.1 Å². The van der Waals surface area contributed by atoms with Crippen LogP contribution in [0.3, 0.4) is 0 Å². The average molecular weight is 449 g/mol. The Bertz CT molecular complexity index is 1100. The second kappa shape index (κ2) is 8.91. The highest BCUT2D eigenvalue weighted by Crippen LogP contribution is 2.38. The van der Waals surface area contributed by atoms with Gasteiger partial charge >= 0.3 is 6.18 Å². The summed E-state index contributed by atoms with van der Waals surface area (Å²) >= 11 is 0. The lowest BCUT2D eigenvalue weighted by Crippen LogP contribution is -2.51. The van der Waals surface area contributed by atoms with Gasteiger partial charge in [0.05, 0.1) is 26.5 Å². The zero-order valence-electron chi connectivity index (χ0n) is 17.6. The quantitative estimate of drug-likeness (QED) is 0.578. The molecule has 0 fully saturated rings. The number of methoxy groups -OCH3 is 2. The number of carbonyl (C=O) groups is 1. The van der Waals surface area contributed by atoms with Crippen molar-refractivity contribution in [2.75, 3.05) is 20.8 Å². The number of aliphatic hydroxyl groups is 1. The summed E-state index contributed by atoms with van der Waals surface area (Å²) in [5, 5.41) is 16.8. The van der Waals surface area contributed by atoms with E-state index in [4.69, 9.17) is 9.47 Å². The van der Waals surface area contributed by atoms with Crippen molar-refractivity contribution in [3.63, 3.8) is 0 Å². The molecule has 0 aliphatic heterocycles. The second-order valence-corrected chi connectivity index (χ2v) is 7.01. The minimum absolute atomic E-state index is 0.00228. The normalized spacial score (nSPS) is 13.3. The van der Waals surface area contributed by atoms with Gasteiger partial charge in [0.25, 0.3) is 5.91 Å². The largest absolute Gasteiger partial charge is 0.497 e. The zero-order chi connectivity index (χ0) is 23.5. The molecule has 32 heavy (non-hydrogen) atoms. The number of aryl methyl sites for hydroxylation is 1. The summed E-state index contributed by atoms with van der Waals surface area (Å²) in [6, 6.07) is 13.0. The fourth-order valence-corrected chi connectivity index (χ4v) is 3.20. The van der Waals surface area contributed by atoms with Gasteiger partial charge in [-0.05, 0) is 29.8 Å². The molecule has 2 N–H and O–H groups in total. The lowest BCUT2D eigenvalue weighted by Gasteiger charge is -2.31. The first kappa shape index (κ1) is 23.1. The molecule has 1 atom stereocenters. The lowest BCUT2D eigenvalue weighted by atomic mass is 9.93. The van der Waals surface area contributed by atoms with Crippen molar-refractivity contribution in [2.45, 2.75) is 11.8 Å². The topological polar surface area (TPSA) is 85.6 Å². The maximum absolute atomic E-state index is 13.7. The van der Waals surface area contributed by atoms with Crippen molar-refractivity contribution in [3.8, 4) is 22.8 Å². The summed E-state index contributed by atoms with van der Waals surface area (Å²) in [5.41, 5.74) is -2.72. The Morgan fingerprint density at radius 1 is 1.09 bits per heavy atom. The fourth-order valence-electron chi connectivity index (χ4n) is 3.20. The van der Waals surface area contributed by atoms with E-state index in [9.17, 15) is 23.1 Å². The molecule has 0 bridgehead atoms. The number of rotatable bonds is 7. The van der Waals surface area contributed by atoms with Gasteiger partial charge in [-0.15, -0.1) is 0 Å². The Labute approximate surface area is 182 Å². The standard InChI is InChI=1S/C22H22F3N3O4/c1-28-18(12-17(27-28)16-11-15(31-2)9-10-19(16)32-3)20(29)26-13-21(30,22(23,24)25)14-7-5-4-6-8-14/h4-12,30H,13H2,1-3H3,(H,26,29). The third-order valence-corrected chi connectivity index (χ3v) is 5.02. The molecule has 0 saturated carbocycles. The van der Waals surface area contributed by atoms with Crippen LogP contribution in [0, 0.1) is 0 Å². The number of amides is 1. The smallest absolute Gasteiger partial charge is 0.423 e. The summed E-state index contributed by atoms with van der Waals surface area (Å²) < 4.78 is 52.7. The van der Waals surface area contributed by atoms with Crippen LogP contribution in [0.2, 0.25) is 0 Å². The number of carbonyl (C=O) groups excluding carboxylic acids is 1. The minimum Gasteiger partial charge on any atom is -0.497 e. The number of halogens is 3. The molecule has 0 aliphatic carbocycles. The molecule has 1 amide bonds. The van der Waals surface area contributed by atoms with E-state index >= 15 is 0 Å². The van der Waals surface area contributed by atoms with E-state index < -0.39 is 24.2 Å². The third-order valence-electron chi connectivity index (χ3n) is 5.02. The molecule has 7 nitrogen and oxygen atoms in total. The number of aromatic nitrogens is 2. The van der Waals surface area contributed by atoms with E-state index in [0.717, 1.165) is 12.1 Å². The number of nitrogens with one attached hydrogen (secondary N) is 1. The highest BCUT2D eigenvalue weighted by Gasteiger charge is 2.55. The average Bonchev–Trinajstić information content (AvgIpc) is 3.18. The van der Waals surface area contributed by atoms with Crippen molar-refractivity contribution in [3.05, 3.63) is 65.9 Å². The number of nitrogens with zero attached hydrogens (tertiary/aromatic N) is 2. The molecule has 1 unspecified atom stereocenters. The van der Waals surface area contributed by atoms with E-state index in [-0.39, 0.29) is 11.3 Å². The summed E-state index contributed by atoms with van der Waals surface area (Å²) in [4.78, 5) is 12.7. The van der Waals surface area contributed by atoms with Gasteiger partial charge in [0, 0.05) is 12.6 Å². The van der Waals surface area contributed by atoms with E-state index in [1.807, 2.05) is 0 Å². The Kier molecular flexibility index (Phi) is 6.45. The molecule has 0 aliphatic rings. The van der Waals surface area contributed by atoms with Gasteiger partial charge in [0.2, 0.25) is 5.60 Å². The number of ether oxygens (including phenoxy) is 2. The molecular formula is C22H22F3N3O4. The van der Waals surface area contributed by atoms with Crippen LogP contribution in [0.4, 0.5) is 13.2 Å². The molecule has 10 heteroatoms. The van der Waals surface area contributed by atoms with Gasteiger partial charge in [0.15, 0.2) is 0 Å². The number of hydrogen-bond donors (Lipinski definition) is 2. The lowest BCUT2D eigenvalue weighted by molar-refractivity contribution is -0.263. The predicted octanol–water partition coefficient (Wildman–Crippen LogP) is 3.28. The minimum atomic E-state index is -5.01. The van der Waals surface area contributed by atoms with Crippen LogP contribution in [0.5, 0.6) is 11.5 Å². The summed E-state index contributed by atoms with van der Waals surface area (Å²) in [6.45, 7) is -1.07. The Morgan fingerprint density at radius 3 is 2.38 bits per heavy atom. The van der Waals surface area contributed by atoms with Crippen LogP contribution in [0.15, 0.2) is 54.6 Å². The molecule has 2 aromatic carbocycles. The van der Waals surface area contributed by atoms with Crippen LogP contribution >= 0.6 is 0 Å². The van der Waals surface area contributed by atoms with E-state index in [0.29, 0.717) is 22.8 Å². The molecule has 0 radical (unpaired) electrons. The van der Waals surface area contributed by atoms with Gasteiger partial charge in [-0.3, -0.25) is 9.48 Å². The van der Waals surface area contributed by atoms with Crippen LogP contribution in [0.25, 0.3) is 11.3 Å². The SMILES string of the molecule is COc1ccc(OC)c(-c2cc(C(=O)NCC(O)(c3ccccc3)C(F)(F)F)n(C)n2)c1. The van der Waals surface area contributed by atoms with Crippen molar-refractivity contribution in [1.82, 2.24) is 15.1 Å². The van der Waals surface area contributed by atoms with Crippen molar-refractivity contribution >= 4 is 5.91 Å². The molecule has 1 heterocycles. The second-order valence-electron chi connectivity index (χ2n) is 7.01. The molecule has 3 aromatic rings. The fraction of sp³-hybridized carbons (Fsp3) is 0.273. The van der Waals surface area contributed by atoms with Crippen molar-refractivity contribution < 1.29 is 32.5 Å². The Morgan fingerprint density at radius 2 is 1.78 bits per heavy atom. The summed E-state index contributed by atoms with van der Waals surface area (Å²) in [5.74, 6) is 0.189. The van der Waals surface area contributed by atoms with Gasteiger partial charge in [-0.1, -0.05) is 30.3 Å². The first-order valence-electron chi connectivity index (χ1n) is 9.50. The predicted molar refractivity (Wildman–Crippen MR) is 110 cm³/mol. The van der Waals surface area contributed by atoms with Gasteiger partial charge < -0.3 is 19.9 Å². The Hall–Kier alpha value is -3.53. The monoisotopic (exact) mass is 449 g/mol. The molecule has 0 spiro atoms. The van der Waals surface area contributed by atoms with Crippen molar-refractivity contribution in [2.24, 2.45) is 7.05 Å². The number of hydrogen-bond acceptors (Lipinski definition) is 5. The molecule has 170 valence electrons. The first-order valence-corrected chi connectivity index (χ1v) is 9.50. The van der Waals surface area contributed by atoms with Gasteiger partial charge in [-0.25, -0.2) is 0 Å². The van der Waals surface area contributed by atoms with E-state index in [2.05, 4.69) is 10.4 Å². The molecular weight excluding hydrogens is 427 g/mol. The maximum atomic E-state index is 13.7. The van der Waals surface area contributed by atoms with E-state index in [1.165, 1.54) is 50.2 Å². The molecule has 3 rings (SSSR count). The van der Waals surface area contributed by atoms with E-state index in [1.54, 1.807) is 18.2 Å².